The number of nitrogens with zero attached hydrogens (tertiary/aromatic N) is 4. The SMILES string of the molecule is CCc1nc2c(s1)[C@@H](N[C@@H]1CCCN(c3cccnn3)C1)CCC2. The molecule has 1 aliphatic carbocycles. The fourth-order valence-electron chi connectivity index (χ4n) is 3.85. The molecule has 0 spiro atoms. The summed E-state index contributed by atoms with van der Waals surface area (Å²) in [6.45, 7) is 4.30. The lowest BCUT2D eigenvalue weighted by Crippen LogP contribution is -2.47. The van der Waals surface area contributed by atoms with Crippen molar-refractivity contribution in [2.45, 2.75) is 57.5 Å². The molecule has 5 nitrogen and oxygen atoms in total. The third-order valence-electron chi connectivity index (χ3n) is 5.04. The molecule has 2 aromatic heterocycles. The molecule has 0 radical (unpaired) electrons. The molecule has 2 atom stereocenters. The van der Waals surface area contributed by atoms with Crippen LogP contribution in [0.5, 0.6) is 0 Å². The zero-order valence-electron chi connectivity index (χ0n) is 14.2. The Hall–Kier alpha value is -1.53. The van der Waals surface area contributed by atoms with Gasteiger partial charge < -0.3 is 10.2 Å². The van der Waals surface area contributed by atoms with Gasteiger partial charge in [-0.1, -0.05) is 6.92 Å². The summed E-state index contributed by atoms with van der Waals surface area (Å²) in [7, 11) is 0. The van der Waals surface area contributed by atoms with E-state index in [9.17, 15) is 0 Å². The summed E-state index contributed by atoms with van der Waals surface area (Å²) < 4.78 is 0. The smallest absolute Gasteiger partial charge is 0.151 e. The van der Waals surface area contributed by atoms with Crippen LogP contribution >= 0.6 is 11.3 Å². The first-order valence-corrected chi connectivity index (χ1v) is 9.92. The number of anilines is 1. The minimum Gasteiger partial charge on any atom is -0.354 e. The summed E-state index contributed by atoms with van der Waals surface area (Å²) in [5.74, 6) is 0.999. The van der Waals surface area contributed by atoms with Gasteiger partial charge in [0.1, 0.15) is 0 Å². The maximum atomic E-state index is 4.82. The molecule has 0 amide bonds. The van der Waals surface area contributed by atoms with Crippen LogP contribution in [0.3, 0.4) is 0 Å². The minimum absolute atomic E-state index is 0.485. The van der Waals surface area contributed by atoms with E-state index in [4.69, 9.17) is 4.98 Å². The predicted molar refractivity (Wildman–Crippen MR) is 97.6 cm³/mol. The van der Waals surface area contributed by atoms with Crippen molar-refractivity contribution in [3.05, 3.63) is 33.9 Å². The number of aryl methyl sites for hydroxylation is 2. The molecular weight excluding hydrogens is 318 g/mol. The number of nitrogens with one attached hydrogen (secondary N) is 1. The van der Waals surface area contributed by atoms with Gasteiger partial charge >= 0.3 is 0 Å². The van der Waals surface area contributed by atoms with Crippen LogP contribution < -0.4 is 10.2 Å². The van der Waals surface area contributed by atoms with E-state index >= 15 is 0 Å². The van der Waals surface area contributed by atoms with Crippen molar-refractivity contribution in [3.63, 3.8) is 0 Å². The van der Waals surface area contributed by atoms with Crippen LogP contribution in [0.25, 0.3) is 0 Å². The van der Waals surface area contributed by atoms with Gasteiger partial charge in [-0.3, -0.25) is 0 Å². The summed E-state index contributed by atoms with van der Waals surface area (Å²) in [6.07, 6.45) is 8.87. The Morgan fingerprint density at radius 3 is 3.12 bits per heavy atom. The number of fused-ring (bicyclic) bond motifs is 1. The zero-order chi connectivity index (χ0) is 16.4. The molecule has 0 aromatic carbocycles. The van der Waals surface area contributed by atoms with E-state index in [0.29, 0.717) is 12.1 Å². The molecule has 0 saturated carbocycles. The summed E-state index contributed by atoms with van der Waals surface area (Å²) >= 11 is 1.92. The quantitative estimate of drug-likeness (QED) is 0.924. The molecule has 0 bridgehead atoms. The predicted octanol–water partition coefficient (Wildman–Crippen LogP) is 3.13. The van der Waals surface area contributed by atoms with E-state index in [0.717, 1.165) is 31.7 Å². The van der Waals surface area contributed by atoms with Gasteiger partial charge in [0.25, 0.3) is 0 Å². The fraction of sp³-hybridized carbons (Fsp3) is 0.611. The Labute approximate surface area is 147 Å². The molecule has 1 N–H and O–H groups in total. The van der Waals surface area contributed by atoms with Gasteiger partial charge in [0, 0.05) is 36.2 Å². The Morgan fingerprint density at radius 2 is 2.29 bits per heavy atom. The zero-order valence-corrected chi connectivity index (χ0v) is 15.1. The number of aromatic nitrogens is 3. The lowest BCUT2D eigenvalue weighted by atomic mass is 9.96. The number of piperidine rings is 1. The summed E-state index contributed by atoms with van der Waals surface area (Å²) in [4.78, 5) is 8.68. The second-order valence-corrected chi connectivity index (χ2v) is 7.87. The van der Waals surface area contributed by atoms with E-state index in [1.165, 1.54) is 41.3 Å². The second kappa shape index (κ2) is 7.15. The number of thiazole rings is 1. The molecule has 1 saturated heterocycles. The maximum absolute atomic E-state index is 4.82. The van der Waals surface area contributed by atoms with Gasteiger partial charge in [0.2, 0.25) is 0 Å². The van der Waals surface area contributed by atoms with E-state index < -0.39 is 0 Å². The number of rotatable bonds is 4. The summed E-state index contributed by atoms with van der Waals surface area (Å²) in [6, 6.07) is 5.03. The van der Waals surface area contributed by atoms with E-state index in [2.05, 4.69) is 33.4 Å². The topological polar surface area (TPSA) is 53.9 Å². The number of hydrogen-bond donors (Lipinski definition) is 1. The van der Waals surface area contributed by atoms with Crippen molar-refractivity contribution in [1.29, 1.82) is 0 Å². The molecule has 0 unspecified atom stereocenters. The number of hydrogen-bond acceptors (Lipinski definition) is 6. The van der Waals surface area contributed by atoms with Crippen LogP contribution in [0, 0.1) is 0 Å². The third-order valence-corrected chi connectivity index (χ3v) is 6.39. The molecule has 1 aliphatic heterocycles. The van der Waals surface area contributed by atoms with Crippen LogP contribution in [0.15, 0.2) is 18.3 Å². The molecule has 1 fully saturated rings. The highest BCUT2D eigenvalue weighted by atomic mass is 32.1. The van der Waals surface area contributed by atoms with Crippen molar-refractivity contribution in [3.8, 4) is 0 Å². The first kappa shape index (κ1) is 16.0. The Morgan fingerprint density at radius 1 is 1.33 bits per heavy atom. The molecule has 2 aliphatic rings. The first-order valence-electron chi connectivity index (χ1n) is 9.10. The molecule has 2 aromatic rings. The molecule has 4 rings (SSSR count). The second-order valence-electron chi connectivity index (χ2n) is 6.75. The molecule has 128 valence electrons. The maximum Gasteiger partial charge on any atom is 0.151 e. The van der Waals surface area contributed by atoms with Crippen LogP contribution in [-0.4, -0.2) is 34.3 Å². The molecular formula is C18H25N5S. The van der Waals surface area contributed by atoms with Crippen LogP contribution in [-0.2, 0) is 12.8 Å². The van der Waals surface area contributed by atoms with E-state index in [1.54, 1.807) is 6.20 Å². The molecule has 24 heavy (non-hydrogen) atoms. The van der Waals surface area contributed by atoms with Gasteiger partial charge in [-0.2, -0.15) is 5.10 Å². The van der Waals surface area contributed by atoms with Crippen molar-refractivity contribution in [2.75, 3.05) is 18.0 Å². The highest BCUT2D eigenvalue weighted by molar-refractivity contribution is 7.11. The van der Waals surface area contributed by atoms with Crippen molar-refractivity contribution >= 4 is 17.2 Å². The highest BCUT2D eigenvalue weighted by Gasteiger charge is 2.28. The molecule has 6 heteroatoms. The van der Waals surface area contributed by atoms with Gasteiger partial charge in [-0.25, -0.2) is 4.98 Å². The first-order chi connectivity index (χ1) is 11.8. The monoisotopic (exact) mass is 343 g/mol. The largest absolute Gasteiger partial charge is 0.354 e. The van der Waals surface area contributed by atoms with Crippen LogP contribution in [0.1, 0.15) is 54.2 Å². The average Bonchev–Trinajstić information content (AvgIpc) is 3.07. The van der Waals surface area contributed by atoms with Gasteiger partial charge in [0.15, 0.2) is 5.82 Å². The fourth-order valence-corrected chi connectivity index (χ4v) is 5.00. The lowest BCUT2D eigenvalue weighted by Gasteiger charge is -2.36. The van der Waals surface area contributed by atoms with Crippen molar-refractivity contribution < 1.29 is 0 Å². The Kier molecular flexibility index (Phi) is 4.76. The molecule has 3 heterocycles. The van der Waals surface area contributed by atoms with Gasteiger partial charge in [0.05, 0.1) is 10.7 Å². The Bertz CT molecular complexity index is 671. The standard InChI is InChI=1S/C18H25N5S/c1-2-17-21-15-8-3-7-14(18(15)24-17)20-13-6-5-11-23(12-13)16-9-4-10-19-22-16/h4,9-10,13-14,20H,2-3,5-8,11-12H2,1H3/t13-,14+/m1/s1. The minimum atomic E-state index is 0.485. The van der Waals surface area contributed by atoms with Crippen molar-refractivity contribution in [2.24, 2.45) is 0 Å². The van der Waals surface area contributed by atoms with Gasteiger partial charge in [-0.15, -0.1) is 16.4 Å². The lowest BCUT2D eigenvalue weighted by molar-refractivity contribution is 0.354. The third kappa shape index (κ3) is 3.30. The normalized spacial score (nSPS) is 24.0. The van der Waals surface area contributed by atoms with Gasteiger partial charge in [-0.05, 0) is 50.7 Å². The highest BCUT2D eigenvalue weighted by Crippen LogP contribution is 2.35. The Balaban J connectivity index is 1.45. The average molecular weight is 344 g/mol. The van der Waals surface area contributed by atoms with E-state index in [-0.39, 0.29) is 0 Å². The van der Waals surface area contributed by atoms with Crippen LogP contribution in [0.4, 0.5) is 5.82 Å². The van der Waals surface area contributed by atoms with E-state index in [1.807, 2.05) is 17.4 Å². The van der Waals surface area contributed by atoms with Crippen LogP contribution in [0.2, 0.25) is 0 Å². The van der Waals surface area contributed by atoms with Crippen molar-refractivity contribution in [1.82, 2.24) is 20.5 Å². The summed E-state index contributed by atoms with van der Waals surface area (Å²) in [5, 5.41) is 13.5. The summed E-state index contributed by atoms with van der Waals surface area (Å²) in [5.41, 5.74) is 1.35.